The minimum absolute atomic E-state index is 0.181. The minimum Gasteiger partial charge on any atom is -0.494 e. The molecule has 2 N–H and O–H groups in total. The monoisotopic (exact) mass is 261 g/mol. The molecule has 1 aliphatic rings. The Morgan fingerprint density at radius 3 is 2.89 bits per heavy atom. The number of methoxy groups -OCH3 is 1. The topological polar surface area (TPSA) is 40.2 Å². The van der Waals surface area contributed by atoms with Crippen LogP contribution in [0.1, 0.15) is 30.8 Å². The van der Waals surface area contributed by atoms with Crippen LogP contribution in [0.3, 0.4) is 0 Å². The number of halogens is 1. The van der Waals surface area contributed by atoms with Crippen molar-refractivity contribution in [3.8, 4) is 5.75 Å². The van der Waals surface area contributed by atoms with E-state index in [-0.39, 0.29) is 17.7 Å². The lowest BCUT2D eigenvalue weighted by molar-refractivity contribution is 0.387. The van der Waals surface area contributed by atoms with Gasteiger partial charge in [0.25, 0.3) is 0 Å². The summed E-state index contributed by atoms with van der Waals surface area (Å²) in [5.74, 6) is -0.0378. The van der Waals surface area contributed by atoms with Crippen LogP contribution < -0.4 is 10.5 Å². The average Bonchev–Trinajstić information content (AvgIpc) is 2.97. The Kier molecular flexibility index (Phi) is 2.97. The van der Waals surface area contributed by atoms with Crippen molar-refractivity contribution in [2.75, 3.05) is 7.11 Å². The molecule has 2 aromatic rings. The van der Waals surface area contributed by atoms with E-state index in [9.17, 15) is 4.39 Å². The van der Waals surface area contributed by atoms with Crippen molar-refractivity contribution >= 4 is 10.9 Å². The molecule has 0 saturated carbocycles. The molecule has 1 unspecified atom stereocenters. The predicted molar refractivity (Wildman–Crippen MR) is 73.7 cm³/mol. The van der Waals surface area contributed by atoms with Gasteiger partial charge in [-0.25, -0.2) is 4.39 Å². The van der Waals surface area contributed by atoms with Crippen molar-refractivity contribution in [2.24, 2.45) is 5.73 Å². The molecule has 1 heterocycles. The lowest BCUT2D eigenvalue weighted by atomic mass is 10.1. The van der Waals surface area contributed by atoms with Gasteiger partial charge >= 0.3 is 0 Å². The fraction of sp³-hybridized carbons (Fsp3) is 0.400. The van der Waals surface area contributed by atoms with E-state index < -0.39 is 0 Å². The van der Waals surface area contributed by atoms with E-state index in [4.69, 9.17) is 10.5 Å². The van der Waals surface area contributed by atoms with Gasteiger partial charge in [0.2, 0.25) is 0 Å². The molecule has 0 aliphatic heterocycles. The molecule has 0 bridgehead atoms. The highest BCUT2D eigenvalue weighted by molar-refractivity contribution is 5.87. The van der Waals surface area contributed by atoms with Crippen LogP contribution in [0.5, 0.6) is 5.75 Å². The van der Waals surface area contributed by atoms with Gasteiger partial charge in [0.1, 0.15) is 0 Å². The van der Waals surface area contributed by atoms with Crippen molar-refractivity contribution in [3.05, 3.63) is 35.6 Å². The number of nitrogens with zero attached hydrogens (tertiary/aromatic N) is 1. The lowest BCUT2D eigenvalue weighted by Gasteiger charge is -2.16. The van der Waals surface area contributed by atoms with E-state index in [1.165, 1.54) is 18.4 Å². The molecular formula is C15H18FN2O. The van der Waals surface area contributed by atoms with Gasteiger partial charge in [-0.05, 0) is 37.3 Å². The van der Waals surface area contributed by atoms with Crippen molar-refractivity contribution in [2.45, 2.75) is 32.4 Å². The second kappa shape index (κ2) is 4.53. The first kappa shape index (κ1) is 12.5. The van der Waals surface area contributed by atoms with E-state index in [1.807, 2.05) is 13.3 Å². The summed E-state index contributed by atoms with van der Waals surface area (Å²) in [5, 5.41) is 0.975. The molecule has 3 rings (SSSR count). The number of benzene rings is 1. The summed E-state index contributed by atoms with van der Waals surface area (Å²) in [4.78, 5) is 0. The molecule has 0 fully saturated rings. The highest BCUT2D eigenvalue weighted by Gasteiger charge is 2.25. The normalized spacial score (nSPS) is 15.8. The number of ether oxygens (including phenoxy) is 1. The summed E-state index contributed by atoms with van der Waals surface area (Å²) >= 11 is 0. The number of fused-ring (bicyclic) bond motifs is 3. The largest absolute Gasteiger partial charge is 0.494 e. The van der Waals surface area contributed by atoms with Crippen LogP contribution in [0.25, 0.3) is 10.9 Å². The molecule has 1 aromatic heterocycles. The number of aromatic nitrogens is 1. The first-order valence-corrected chi connectivity index (χ1v) is 6.61. The first-order valence-electron chi connectivity index (χ1n) is 6.61. The molecule has 1 aliphatic carbocycles. The maximum Gasteiger partial charge on any atom is 0.165 e. The van der Waals surface area contributed by atoms with Gasteiger partial charge in [-0.3, -0.25) is 0 Å². The third-order valence-electron chi connectivity index (χ3n) is 3.97. The third-order valence-corrected chi connectivity index (χ3v) is 3.97. The van der Waals surface area contributed by atoms with Crippen molar-refractivity contribution in [3.63, 3.8) is 0 Å². The minimum atomic E-state index is -0.309. The summed E-state index contributed by atoms with van der Waals surface area (Å²) in [5.41, 5.74) is 9.63. The Labute approximate surface area is 112 Å². The lowest BCUT2D eigenvalue weighted by Crippen LogP contribution is -2.19. The van der Waals surface area contributed by atoms with Crippen LogP contribution in [-0.2, 0) is 12.8 Å². The smallest absolute Gasteiger partial charge is 0.165 e. The van der Waals surface area contributed by atoms with E-state index in [1.54, 1.807) is 12.1 Å². The van der Waals surface area contributed by atoms with Crippen LogP contribution in [-0.4, -0.2) is 11.7 Å². The molecular weight excluding hydrogens is 243 g/mol. The van der Waals surface area contributed by atoms with E-state index in [0.29, 0.717) is 0 Å². The van der Waals surface area contributed by atoms with Crippen molar-refractivity contribution < 1.29 is 9.13 Å². The first-order chi connectivity index (χ1) is 9.17. The highest BCUT2D eigenvalue weighted by Crippen LogP contribution is 2.37. The van der Waals surface area contributed by atoms with E-state index in [0.717, 1.165) is 30.2 Å². The Morgan fingerprint density at radius 2 is 2.21 bits per heavy atom. The zero-order valence-corrected chi connectivity index (χ0v) is 11.2. The van der Waals surface area contributed by atoms with Gasteiger partial charge < -0.3 is 15.0 Å². The van der Waals surface area contributed by atoms with Crippen LogP contribution >= 0.6 is 0 Å². The number of hydrogen-bond acceptors (Lipinski definition) is 2. The van der Waals surface area contributed by atoms with Gasteiger partial charge in [-0.15, -0.1) is 0 Å². The third kappa shape index (κ3) is 1.74. The molecule has 3 nitrogen and oxygen atoms in total. The average molecular weight is 261 g/mol. The molecule has 4 heteroatoms. The van der Waals surface area contributed by atoms with E-state index >= 15 is 0 Å². The van der Waals surface area contributed by atoms with Gasteiger partial charge in [-0.1, -0.05) is 6.92 Å². The second-order valence-corrected chi connectivity index (χ2v) is 4.98. The maximum atomic E-state index is 13.9. The van der Waals surface area contributed by atoms with Gasteiger partial charge in [0.05, 0.1) is 18.8 Å². The van der Waals surface area contributed by atoms with Gasteiger partial charge in [0, 0.05) is 17.1 Å². The summed E-state index contributed by atoms with van der Waals surface area (Å²) in [6.45, 7) is 1.94. The summed E-state index contributed by atoms with van der Waals surface area (Å²) < 4.78 is 21.1. The van der Waals surface area contributed by atoms with Crippen molar-refractivity contribution in [1.82, 2.24) is 4.57 Å². The highest BCUT2D eigenvalue weighted by atomic mass is 19.1. The number of rotatable bonds is 3. The number of hydrogen-bond donors (Lipinski definition) is 1. The molecule has 0 amide bonds. The van der Waals surface area contributed by atoms with Crippen molar-refractivity contribution in [1.29, 1.82) is 0 Å². The zero-order chi connectivity index (χ0) is 13.6. The Bertz CT molecular complexity index is 633. The second-order valence-electron chi connectivity index (χ2n) is 4.98. The quantitative estimate of drug-likeness (QED) is 0.922. The predicted octanol–water partition coefficient (Wildman–Crippen LogP) is 2.96. The van der Waals surface area contributed by atoms with Crippen LogP contribution in [0, 0.1) is 12.2 Å². The summed E-state index contributed by atoms with van der Waals surface area (Å²) in [6, 6.07) is 3.34. The van der Waals surface area contributed by atoms with Crippen LogP contribution in [0.15, 0.2) is 12.1 Å². The fourth-order valence-electron chi connectivity index (χ4n) is 3.06. The molecule has 1 radical (unpaired) electrons. The standard InChI is InChI=1S/C15H18FN2O/c1-3-15(17)18-12-6-4-5-9(12)10-7-11(16)14(19-2)8-13(10)18/h3,7-8,15H,4-6,17H2,1-2H3. The molecule has 0 saturated heterocycles. The molecule has 101 valence electrons. The van der Waals surface area contributed by atoms with Crippen LogP contribution in [0.4, 0.5) is 4.39 Å². The maximum absolute atomic E-state index is 13.9. The molecule has 1 aromatic carbocycles. The van der Waals surface area contributed by atoms with Gasteiger partial charge in [0.15, 0.2) is 11.6 Å². The molecule has 19 heavy (non-hydrogen) atoms. The molecule has 1 atom stereocenters. The Morgan fingerprint density at radius 1 is 1.42 bits per heavy atom. The summed E-state index contributed by atoms with van der Waals surface area (Å²) in [6.07, 6.45) is 4.90. The van der Waals surface area contributed by atoms with E-state index in [2.05, 4.69) is 4.57 Å². The fourth-order valence-corrected chi connectivity index (χ4v) is 3.06. The zero-order valence-electron chi connectivity index (χ0n) is 11.2. The Balaban J connectivity index is 2.33. The SMILES string of the molecule is C[CH]C(N)n1c2c(c3cc(F)c(OC)cc31)CCC2. The number of nitrogens with two attached hydrogens (primary N) is 1. The molecule has 0 spiro atoms. The Hall–Kier alpha value is -1.55. The van der Waals surface area contributed by atoms with Gasteiger partial charge in [-0.2, -0.15) is 0 Å². The number of aryl methyl sites for hydroxylation is 1. The summed E-state index contributed by atoms with van der Waals surface area (Å²) in [7, 11) is 1.48. The van der Waals surface area contributed by atoms with Crippen LogP contribution in [0.2, 0.25) is 0 Å².